The third-order valence-corrected chi connectivity index (χ3v) is 9.62. The van der Waals surface area contributed by atoms with Crippen molar-refractivity contribution in [3.63, 3.8) is 0 Å². The van der Waals surface area contributed by atoms with Crippen molar-refractivity contribution in [1.82, 2.24) is 9.21 Å². The molecule has 31 heavy (non-hydrogen) atoms. The number of benzene rings is 1. The first-order chi connectivity index (χ1) is 14.7. The monoisotopic (exact) mass is 472 g/mol. The van der Waals surface area contributed by atoms with Gasteiger partial charge in [-0.05, 0) is 43.9 Å². The van der Waals surface area contributed by atoms with Crippen molar-refractivity contribution >= 4 is 25.8 Å². The van der Waals surface area contributed by atoms with Crippen molar-refractivity contribution in [2.45, 2.75) is 56.4 Å². The lowest BCUT2D eigenvalue weighted by Crippen LogP contribution is -2.42. The highest BCUT2D eigenvalue weighted by Crippen LogP contribution is 2.29. The summed E-state index contributed by atoms with van der Waals surface area (Å²) in [5, 5.41) is 0. The Morgan fingerprint density at radius 1 is 1.19 bits per heavy atom. The van der Waals surface area contributed by atoms with E-state index in [1.807, 2.05) is 6.92 Å². The number of carbonyl (C=O) groups excluding carboxylic acids is 1. The molecule has 0 aromatic heterocycles. The van der Waals surface area contributed by atoms with Gasteiger partial charge in [-0.2, -0.15) is 4.31 Å². The Balaban J connectivity index is 1.96. The summed E-state index contributed by atoms with van der Waals surface area (Å²) in [6.07, 6.45) is 4.71. The summed E-state index contributed by atoms with van der Waals surface area (Å²) in [7, 11) is -5.47. The number of amides is 1. The quantitative estimate of drug-likeness (QED) is 0.604. The topological polar surface area (TPSA) is 101 Å². The fraction of sp³-hybridized carbons (Fsp3) is 0.667. The van der Waals surface area contributed by atoms with E-state index >= 15 is 0 Å². The van der Waals surface area contributed by atoms with Crippen LogP contribution in [0.3, 0.4) is 0 Å². The lowest BCUT2D eigenvalue weighted by atomic mass is 10.1. The molecule has 0 bridgehead atoms. The van der Waals surface area contributed by atoms with Crippen molar-refractivity contribution in [2.24, 2.45) is 0 Å². The number of sulfonamides is 1. The van der Waals surface area contributed by atoms with Gasteiger partial charge >= 0.3 is 0 Å². The van der Waals surface area contributed by atoms with Crippen LogP contribution in [0.1, 0.15) is 55.8 Å². The van der Waals surface area contributed by atoms with E-state index in [-0.39, 0.29) is 27.7 Å². The minimum atomic E-state index is -3.73. The number of methoxy groups -OCH3 is 1. The van der Waals surface area contributed by atoms with Gasteiger partial charge in [0, 0.05) is 25.7 Å². The summed E-state index contributed by atoms with van der Waals surface area (Å²) in [5.74, 6) is -0.117. The first kappa shape index (κ1) is 24.0. The van der Waals surface area contributed by atoms with E-state index in [4.69, 9.17) is 4.74 Å². The molecule has 0 saturated carbocycles. The minimum Gasteiger partial charge on any atom is -0.496 e. The molecule has 0 spiro atoms. The maximum atomic E-state index is 13.5. The van der Waals surface area contributed by atoms with Gasteiger partial charge in [-0.1, -0.05) is 19.8 Å². The Labute approximate surface area is 185 Å². The first-order valence-corrected chi connectivity index (χ1v) is 14.2. The zero-order valence-corrected chi connectivity index (χ0v) is 19.9. The molecule has 0 N–H and O–H groups in total. The Morgan fingerprint density at radius 2 is 1.87 bits per heavy atom. The average molecular weight is 473 g/mol. The summed E-state index contributed by atoms with van der Waals surface area (Å²) in [5.41, 5.74) is 0.149. The second kappa shape index (κ2) is 9.87. The summed E-state index contributed by atoms with van der Waals surface area (Å²) >= 11 is 0. The fourth-order valence-corrected chi connectivity index (χ4v) is 7.59. The molecule has 10 heteroatoms. The van der Waals surface area contributed by atoms with E-state index in [1.54, 1.807) is 4.90 Å². The van der Waals surface area contributed by atoms with Gasteiger partial charge in [0.15, 0.2) is 9.84 Å². The maximum absolute atomic E-state index is 13.5. The molecule has 2 heterocycles. The van der Waals surface area contributed by atoms with Gasteiger partial charge in [0.2, 0.25) is 10.0 Å². The molecule has 1 atom stereocenters. The SMILES string of the molecule is CCCN(C(=O)c1cc(S(=O)(=O)N2CCCCCC2)ccc1OC)[C@@H]1CCS(=O)(=O)C1. The molecule has 1 aromatic carbocycles. The summed E-state index contributed by atoms with van der Waals surface area (Å²) in [4.78, 5) is 15.1. The number of hydrogen-bond acceptors (Lipinski definition) is 6. The molecule has 3 rings (SSSR count). The van der Waals surface area contributed by atoms with Crippen LogP contribution in [0.2, 0.25) is 0 Å². The molecule has 2 fully saturated rings. The van der Waals surface area contributed by atoms with E-state index in [0.717, 1.165) is 25.7 Å². The summed E-state index contributed by atoms with van der Waals surface area (Å²) < 4.78 is 57.3. The Bertz CT molecular complexity index is 999. The normalized spacial score (nSPS) is 22.1. The van der Waals surface area contributed by atoms with Crippen LogP contribution in [-0.2, 0) is 19.9 Å². The van der Waals surface area contributed by atoms with Gasteiger partial charge in [0.1, 0.15) is 5.75 Å². The smallest absolute Gasteiger partial charge is 0.257 e. The van der Waals surface area contributed by atoms with Crippen molar-refractivity contribution in [3.8, 4) is 5.75 Å². The Morgan fingerprint density at radius 3 is 2.42 bits per heavy atom. The van der Waals surface area contributed by atoms with Gasteiger partial charge in [-0.25, -0.2) is 16.8 Å². The molecular formula is C21H32N2O6S2. The Kier molecular flexibility index (Phi) is 7.64. The number of hydrogen-bond donors (Lipinski definition) is 0. The van der Waals surface area contributed by atoms with Crippen molar-refractivity contribution < 1.29 is 26.4 Å². The van der Waals surface area contributed by atoms with Gasteiger partial charge in [-0.3, -0.25) is 4.79 Å². The van der Waals surface area contributed by atoms with Crippen LogP contribution >= 0.6 is 0 Å². The molecule has 1 amide bonds. The van der Waals surface area contributed by atoms with E-state index in [2.05, 4.69) is 0 Å². The zero-order valence-electron chi connectivity index (χ0n) is 18.2. The molecule has 0 radical (unpaired) electrons. The molecular weight excluding hydrogens is 440 g/mol. The predicted octanol–water partition coefficient (Wildman–Crippen LogP) is 2.30. The molecule has 8 nitrogen and oxygen atoms in total. The molecule has 0 unspecified atom stereocenters. The standard InChI is InChI=1S/C21H32N2O6S2/c1-3-11-23(17-10-14-30(25,26)16-17)21(24)19-15-18(8-9-20(19)29-2)31(27,28)22-12-6-4-5-7-13-22/h8-9,15,17H,3-7,10-14,16H2,1-2H3/t17-/m1/s1. The van der Waals surface area contributed by atoms with E-state index in [1.165, 1.54) is 29.6 Å². The van der Waals surface area contributed by atoms with Crippen molar-refractivity contribution in [3.05, 3.63) is 23.8 Å². The molecule has 2 aliphatic rings. The lowest BCUT2D eigenvalue weighted by Gasteiger charge is -2.29. The highest BCUT2D eigenvalue weighted by Gasteiger charge is 2.36. The number of ether oxygens (including phenoxy) is 1. The van der Waals surface area contributed by atoms with Crippen LogP contribution in [0.25, 0.3) is 0 Å². The van der Waals surface area contributed by atoms with Crippen LogP contribution in [0.15, 0.2) is 23.1 Å². The molecule has 0 aliphatic carbocycles. The molecule has 2 aliphatic heterocycles. The summed E-state index contributed by atoms with van der Waals surface area (Å²) in [6, 6.07) is 3.95. The molecule has 2 saturated heterocycles. The second-order valence-electron chi connectivity index (χ2n) is 8.24. The van der Waals surface area contributed by atoms with E-state index in [9.17, 15) is 21.6 Å². The third kappa shape index (κ3) is 5.40. The highest BCUT2D eigenvalue weighted by atomic mass is 32.2. The van der Waals surface area contributed by atoms with Gasteiger partial charge in [0.25, 0.3) is 5.91 Å². The highest BCUT2D eigenvalue weighted by molar-refractivity contribution is 7.91. The summed E-state index contributed by atoms with van der Waals surface area (Å²) in [6.45, 7) is 3.26. The van der Waals surface area contributed by atoms with Gasteiger partial charge in [-0.15, -0.1) is 0 Å². The van der Waals surface area contributed by atoms with Crippen molar-refractivity contribution in [2.75, 3.05) is 38.2 Å². The Hall–Kier alpha value is -1.65. The molecule has 1 aromatic rings. The number of sulfone groups is 1. The molecule has 174 valence electrons. The number of rotatable bonds is 7. The van der Waals surface area contributed by atoms with Crippen molar-refractivity contribution in [1.29, 1.82) is 0 Å². The van der Waals surface area contributed by atoms with Crippen LogP contribution in [0.4, 0.5) is 0 Å². The first-order valence-electron chi connectivity index (χ1n) is 10.9. The fourth-order valence-electron chi connectivity index (χ4n) is 4.31. The van der Waals surface area contributed by atoms with E-state index in [0.29, 0.717) is 32.5 Å². The lowest BCUT2D eigenvalue weighted by molar-refractivity contribution is 0.0693. The number of nitrogens with zero attached hydrogens (tertiary/aromatic N) is 2. The predicted molar refractivity (Wildman–Crippen MR) is 119 cm³/mol. The largest absolute Gasteiger partial charge is 0.496 e. The average Bonchev–Trinajstić information content (AvgIpc) is 2.94. The number of carbonyl (C=O) groups is 1. The minimum absolute atomic E-state index is 0.0612. The van der Waals surface area contributed by atoms with Crippen LogP contribution in [0.5, 0.6) is 5.75 Å². The van der Waals surface area contributed by atoms with Crippen LogP contribution < -0.4 is 4.74 Å². The van der Waals surface area contributed by atoms with Gasteiger partial charge < -0.3 is 9.64 Å². The van der Waals surface area contributed by atoms with E-state index < -0.39 is 31.8 Å². The van der Waals surface area contributed by atoms with Crippen LogP contribution in [-0.4, -0.2) is 76.2 Å². The van der Waals surface area contributed by atoms with Crippen LogP contribution in [0, 0.1) is 0 Å². The van der Waals surface area contributed by atoms with Gasteiger partial charge in [0.05, 0.1) is 29.1 Å². The zero-order chi connectivity index (χ0) is 22.6. The third-order valence-electron chi connectivity index (χ3n) is 5.98. The second-order valence-corrected chi connectivity index (χ2v) is 12.4. The maximum Gasteiger partial charge on any atom is 0.257 e.